The van der Waals surface area contributed by atoms with Crippen LogP contribution in [-0.4, -0.2) is 37.0 Å². The summed E-state index contributed by atoms with van der Waals surface area (Å²) in [5.74, 6) is 0.207. The van der Waals surface area contributed by atoms with Gasteiger partial charge in [-0.3, -0.25) is 0 Å². The third-order valence-electron chi connectivity index (χ3n) is 5.33. The van der Waals surface area contributed by atoms with Crippen LogP contribution in [0.1, 0.15) is 35.1 Å². The van der Waals surface area contributed by atoms with Crippen molar-refractivity contribution in [2.45, 2.75) is 38.0 Å². The molecule has 0 spiro atoms. The maximum absolute atomic E-state index is 13.6. The number of thioether (sulfide) groups is 1. The minimum absolute atomic E-state index is 0.0749. The third kappa shape index (κ3) is 11.1. The molecular formula is C28H28F6O6S. The normalized spacial score (nSPS) is 11.5. The number of carbonyl (C=O) groups is 2. The minimum atomic E-state index is -4.68. The van der Waals surface area contributed by atoms with Crippen LogP contribution in [0.25, 0.3) is 0 Å². The van der Waals surface area contributed by atoms with Gasteiger partial charge in [-0.1, -0.05) is 37.4 Å². The smallest absolute Gasteiger partial charge is 0.430 e. The van der Waals surface area contributed by atoms with Gasteiger partial charge in [0.2, 0.25) is 0 Å². The zero-order valence-corrected chi connectivity index (χ0v) is 22.6. The van der Waals surface area contributed by atoms with Gasteiger partial charge in [-0.2, -0.15) is 38.1 Å². The van der Waals surface area contributed by atoms with Gasteiger partial charge in [-0.25, -0.2) is 9.59 Å². The van der Waals surface area contributed by atoms with Crippen molar-refractivity contribution in [1.82, 2.24) is 0 Å². The first-order chi connectivity index (χ1) is 19.4. The summed E-state index contributed by atoms with van der Waals surface area (Å²) in [6.07, 6.45) is -8.78. The first-order valence-electron chi connectivity index (χ1n) is 12.2. The largest absolute Gasteiger partial charge is 0.514 e. The van der Waals surface area contributed by atoms with E-state index in [1.165, 1.54) is 36.0 Å². The monoisotopic (exact) mass is 606 g/mol. The molecule has 41 heavy (non-hydrogen) atoms. The number of hydrogen-bond acceptors (Lipinski definition) is 7. The molecular weight excluding hydrogens is 578 g/mol. The van der Waals surface area contributed by atoms with Crippen LogP contribution in [0.3, 0.4) is 0 Å². The maximum Gasteiger partial charge on any atom is 0.514 e. The Labute approximate surface area is 237 Å². The van der Waals surface area contributed by atoms with Gasteiger partial charge in [0.15, 0.2) is 0 Å². The topological polar surface area (TPSA) is 71.1 Å². The predicted molar refractivity (Wildman–Crippen MR) is 141 cm³/mol. The lowest BCUT2D eigenvalue weighted by Gasteiger charge is -2.17. The van der Waals surface area contributed by atoms with Crippen LogP contribution in [0, 0.1) is 0 Å². The molecule has 0 aliphatic heterocycles. The van der Waals surface area contributed by atoms with Crippen molar-refractivity contribution in [2.24, 2.45) is 0 Å². The zero-order chi connectivity index (χ0) is 30.5. The Morgan fingerprint density at radius 1 is 0.707 bits per heavy atom. The molecule has 0 aliphatic rings. The Hall–Kier alpha value is -3.61. The highest BCUT2D eigenvalue weighted by Crippen LogP contribution is 2.38. The molecule has 0 aliphatic carbocycles. The molecule has 0 aromatic heterocycles. The molecule has 0 saturated carbocycles. The van der Waals surface area contributed by atoms with E-state index in [1.54, 1.807) is 0 Å². The predicted octanol–water partition coefficient (Wildman–Crippen LogP) is 8.43. The Bertz CT molecular complexity index is 1100. The van der Waals surface area contributed by atoms with E-state index in [9.17, 15) is 35.9 Å². The van der Waals surface area contributed by atoms with Crippen LogP contribution < -0.4 is 9.47 Å². The van der Waals surface area contributed by atoms with Crippen LogP contribution in [0.5, 0.6) is 11.5 Å². The summed E-state index contributed by atoms with van der Waals surface area (Å²) in [6.45, 7) is 6.39. The van der Waals surface area contributed by atoms with Crippen molar-refractivity contribution in [3.8, 4) is 11.5 Å². The van der Waals surface area contributed by atoms with Crippen LogP contribution in [0.4, 0.5) is 35.9 Å². The highest BCUT2D eigenvalue weighted by atomic mass is 32.2. The SMILES string of the molecule is C=CCOC(=O)Oc1cccc(C(F)(F)F)c1CCCSCCCc1c(OC(=O)OCC=C)cccc1C(F)(F)F. The number of alkyl halides is 6. The van der Waals surface area contributed by atoms with Gasteiger partial charge >= 0.3 is 24.7 Å². The summed E-state index contributed by atoms with van der Waals surface area (Å²) in [5, 5.41) is 0. The number of hydrogen-bond donors (Lipinski definition) is 0. The van der Waals surface area contributed by atoms with Crippen LogP contribution in [0.15, 0.2) is 61.7 Å². The fourth-order valence-electron chi connectivity index (χ4n) is 3.67. The molecule has 0 atom stereocenters. The zero-order valence-electron chi connectivity index (χ0n) is 21.8. The summed E-state index contributed by atoms with van der Waals surface area (Å²) >= 11 is 1.33. The van der Waals surface area contributed by atoms with Gasteiger partial charge in [0.05, 0.1) is 11.1 Å². The van der Waals surface area contributed by atoms with Crippen LogP contribution in [0.2, 0.25) is 0 Å². The number of benzene rings is 2. The molecule has 224 valence electrons. The summed E-state index contributed by atoms with van der Waals surface area (Å²) in [5.41, 5.74) is -2.31. The van der Waals surface area contributed by atoms with E-state index in [2.05, 4.69) is 22.6 Å². The second-order valence-electron chi connectivity index (χ2n) is 8.28. The van der Waals surface area contributed by atoms with Gasteiger partial charge in [-0.15, -0.1) is 0 Å². The molecule has 2 aromatic carbocycles. The summed E-state index contributed by atoms with van der Waals surface area (Å²) in [6, 6.07) is 6.47. The standard InChI is InChI=1S/C28H28F6O6S/c1-3-15-37-25(35)39-23-13-5-11-21(27(29,30)31)19(23)9-7-17-41-18-8-10-20-22(28(32,33)34)12-6-14-24(20)40-26(36)38-16-4-2/h3-6,11-14H,1-2,7-10,15-18H2. The highest BCUT2D eigenvalue weighted by Gasteiger charge is 2.35. The Morgan fingerprint density at radius 2 is 1.10 bits per heavy atom. The van der Waals surface area contributed by atoms with Gasteiger partial charge in [0.25, 0.3) is 0 Å². The second-order valence-corrected chi connectivity index (χ2v) is 9.51. The molecule has 0 fully saturated rings. The molecule has 0 radical (unpaired) electrons. The molecule has 0 amide bonds. The molecule has 0 bridgehead atoms. The molecule has 13 heteroatoms. The summed E-state index contributed by atoms with van der Waals surface area (Å²) in [7, 11) is 0. The van der Waals surface area contributed by atoms with Crippen molar-refractivity contribution < 1.29 is 54.9 Å². The minimum Gasteiger partial charge on any atom is -0.430 e. The second kappa shape index (κ2) is 16.0. The number of ether oxygens (including phenoxy) is 4. The average molecular weight is 607 g/mol. The van der Waals surface area contributed by atoms with E-state index in [4.69, 9.17) is 9.47 Å². The van der Waals surface area contributed by atoms with Crippen molar-refractivity contribution in [3.63, 3.8) is 0 Å². The lowest BCUT2D eigenvalue weighted by Crippen LogP contribution is -2.15. The average Bonchev–Trinajstić information content (AvgIpc) is 2.90. The highest BCUT2D eigenvalue weighted by molar-refractivity contribution is 7.99. The molecule has 2 rings (SSSR count). The first kappa shape index (κ1) is 33.6. The van der Waals surface area contributed by atoms with Gasteiger partial charge in [0.1, 0.15) is 24.7 Å². The molecule has 0 N–H and O–H groups in total. The first-order valence-corrected chi connectivity index (χ1v) is 13.4. The maximum atomic E-state index is 13.6. The lowest BCUT2D eigenvalue weighted by atomic mass is 10.0. The molecule has 0 unspecified atom stereocenters. The van der Waals surface area contributed by atoms with E-state index in [0.29, 0.717) is 11.5 Å². The Balaban J connectivity index is 2.00. The van der Waals surface area contributed by atoms with Crippen LogP contribution >= 0.6 is 11.8 Å². The van der Waals surface area contributed by atoms with Crippen molar-refractivity contribution in [3.05, 3.63) is 84.0 Å². The van der Waals surface area contributed by atoms with Crippen molar-refractivity contribution in [1.29, 1.82) is 0 Å². The molecule has 2 aromatic rings. The van der Waals surface area contributed by atoms with Crippen LogP contribution in [-0.2, 0) is 34.7 Å². The lowest BCUT2D eigenvalue weighted by molar-refractivity contribution is -0.139. The summed E-state index contributed by atoms with van der Waals surface area (Å²) in [4.78, 5) is 23.6. The van der Waals surface area contributed by atoms with E-state index < -0.39 is 35.8 Å². The van der Waals surface area contributed by atoms with E-state index >= 15 is 0 Å². The van der Waals surface area contributed by atoms with Gasteiger partial charge in [0, 0.05) is 11.1 Å². The quantitative estimate of drug-likeness (QED) is 0.0703. The van der Waals surface area contributed by atoms with E-state index in [1.807, 2.05) is 0 Å². The molecule has 0 heterocycles. The Morgan fingerprint density at radius 3 is 1.44 bits per heavy atom. The van der Waals surface area contributed by atoms with Gasteiger partial charge < -0.3 is 18.9 Å². The summed E-state index contributed by atoms with van der Waals surface area (Å²) < 4.78 is 101. The fraction of sp³-hybridized carbons (Fsp3) is 0.357. The Kier molecular flexibility index (Phi) is 13.1. The van der Waals surface area contributed by atoms with Crippen molar-refractivity contribution in [2.75, 3.05) is 24.7 Å². The molecule has 6 nitrogen and oxygen atoms in total. The molecule has 0 saturated heterocycles. The third-order valence-corrected chi connectivity index (χ3v) is 6.49. The van der Waals surface area contributed by atoms with Gasteiger partial charge in [-0.05, 0) is 61.5 Å². The fourth-order valence-corrected chi connectivity index (χ4v) is 4.57. The number of halogens is 6. The number of carbonyl (C=O) groups excluding carboxylic acids is 2. The number of rotatable bonds is 14. The van der Waals surface area contributed by atoms with E-state index in [0.717, 1.165) is 24.3 Å². The van der Waals surface area contributed by atoms with E-state index in [-0.39, 0.29) is 61.5 Å². The van der Waals surface area contributed by atoms with Crippen molar-refractivity contribution >= 4 is 24.1 Å².